The van der Waals surface area contributed by atoms with E-state index in [2.05, 4.69) is 23.7 Å². The van der Waals surface area contributed by atoms with Crippen LogP contribution >= 0.6 is 34.3 Å². The number of thiophene rings is 2. The molecule has 0 spiro atoms. The fourth-order valence-electron chi connectivity index (χ4n) is 1.90. The second-order valence-corrected chi connectivity index (χ2v) is 6.62. The van der Waals surface area contributed by atoms with Crippen molar-refractivity contribution in [2.24, 2.45) is 0 Å². The first-order chi connectivity index (χ1) is 8.74. The first-order valence-corrected chi connectivity index (χ1v) is 7.91. The molecular weight excluding hydrogens is 286 g/mol. The molecule has 0 aliphatic heterocycles. The molecule has 0 saturated carbocycles. The summed E-state index contributed by atoms with van der Waals surface area (Å²) in [6.07, 6.45) is 0.947. The standard InChI is InChI=1S/C13H16ClNOS2/c1-3-15-10(8-9-4-5-12(14)18-9)13-11(16-2)6-7-17-13/h4-7,10,15H,3,8H2,1-2H3. The van der Waals surface area contributed by atoms with Crippen LogP contribution in [-0.2, 0) is 6.42 Å². The molecule has 2 rings (SSSR count). The van der Waals surface area contributed by atoms with E-state index in [0.717, 1.165) is 23.1 Å². The number of nitrogens with one attached hydrogen (secondary N) is 1. The molecule has 5 heteroatoms. The molecule has 0 aliphatic carbocycles. The van der Waals surface area contributed by atoms with E-state index in [-0.39, 0.29) is 0 Å². The second kappa shape index (κ2) is 6.57. The summed E-state index contributed by atoms with van der Waals surface area (Å²) in [7, 11) is 1.72. The molecule has 0 bridgehead atoms. The van der Waals surface area contributed by atoms with Crippen LogP contribution in [0.25, 0.3) is 0 Å². The Morgan fingerprint density at radius 1 is 1.39 bits per heavy atom. The number of methoxy groups -OCH3 is 1. The Morgan fingerprint density at radius 2 is 2.22 bits per heavy atom. The number of likely N-dealkylation sites (N-methyl/N-ethyl adjacent to an activating group) is 1. The van der Waals surface area contributed by atoms with Gasteiger partial charge in [-0.05, 0) is 30.1 Å². The van der Waals surface area contributed by atoms with Gasteiger partial charge in [0, 0.05) is 11.3 Å². The van der Waals surface area contributed by atoms with Crippen molar-refractivity contribution in [1.82, 2.24) is 5.32 Å². The van der Waals surface area contributed by atoms with Gasteiger partial charge in [0.05, 0.1) is 22.4 Å². The fraction of sp³-hybridized carbons (Fsp3) is 0.385. The summed E-state index contributed by atoms with van der Waals surface area (Å²) in [6, 6.07) is 6.36. The lowest BCUT2D eigenvalue weighted by atomic mass is 10.1. The lowest BCUT2D eigenvalue weighted by molar-refractivity contribution is 0.403. The first kappa shape index (κ1) is 13.9. The Bertz CT molecular complexity index is 495. The van der Waals surface area contributed by atoms with Gasteiger partial charge in [-0.3, -0.25) is 0 Å². The lowest BCUT2D eigenvalue weighted by Gasteiger charge is -2.17. The van der Waals surface area contributed by atoms with E-state index in [9.17, 15) is 0 Å². The van der Waals surface area contributed by atoms with E-state index in [1.807, 2.05) is 12.1 Å². The van der Waals surface area contributed by atoms with Gasteiger partial charge in [-0.25, -0.2) is 0 Å². The molecule has 0 saturated heterocycles. The van der Waals surface area contributed by atoms with Gasteiger partial charge >= 0.3 is 0 Å². The van der Waals surface area contributed by atoms with Crippen molar-refractivity contribution in [1.29, 1.82) is 0 Å². The molecule has 1 N–H and O–H groups in total. The molecule has 0 aromatic carbocycles. The predicted octanol–water partition coefficient (Wildman–Crippen LogP) is 4.36. The highest BCUT2D eigenvalue weighted by Gasteiger charge is 2.18. The van der Waals surface area contributed by atoms with Gasteiger partial charge in [0.15, 0.2) is 0 Å². The van der Waals surface area contributed by atoms with Crippen LogP contribution in [-0.4, -0.2) is 13.7 Å². The smallest absolute Gasteiger partial charge is 0.134 e. The number of halogens is 1. The Balaban J connectivity index is 2.17. The Labute approximate surface area is 121 Å². The monoisotopic (exact) mass is 301 g/mol. The maximum atomic E-state index is 5.98. The third-order valence-corrected chi connectivity index (χ3v) is 4.94. The van der Waals surface area contributed by atoms with Crippen LogP contribution in [0.4, 0.5) is 0 Å². The van der Waals surface area contributed by atoms with Crippen LogP contribution in [0, 0.1) is 0 Å². The summed E-state index contributed by atoms with van der Waals surface area (Å²) in [5.74, 6) is 0.966. The highest BCUT2D eigenvalue weighted by molar-refractivity contribution is 7.16. The maximum absolute atomic E-state index is 5.98. The van der Waals surface area contributed by atoms with Crippen LogP contribution in [0.3, 0.4) is 0 Å². The zero-order chi connectivity index (χ0) is 13.0. The van der Waals surface area contributed by atoms with Crippen molar-refractivity contribution in [3.63, 3.8) is 0 Å². The number of hydrogen-bond donors (Lipinski definition) is 1. The van der Waals surface area contributed by atoms with E-state index in [1.165, 1.54) is 9.75 Å². The molecule has 98 valence electrons. The van der Waals surface area contributed by atoms with Gasteiger partial charge in [-0.15, -0.1) is 22.7 Å². The van der Waals surface area contributed by atoms with E-state index in [4.69, 9.17) is 16.3 Å². The average molecular weight is 302 g/mol. The largest absolute Gasteiger partial charge is 0.496 e. The third kappa shape index (κ3) is 3.26. The summed E-state index contributed by atoms with van der Waals surface area (Å²) in [5, 5.41) is 5.58. The quantitative estimate of drug-likeness (QED) is 0.855. The molecule has 2 aromatic rings. The minimum absolute atomic E-state index is 0.291. The SMILES string of the molecule is CCNC(Cc1ccc(Cl)s1)c1sccc1OC. The van der Waals surface area contributed by atoms with Gasteiger partial charge in [-0.1, -0.05) is 18.5 Å². The fourth-order valence-corrected chi connectivity index (χ4v) is 3.97. The summed E-state index contributed by atoms with van der Waals surface area (Å²) in [4.78, 5) is 2.55. The third-order valence-electron chi connectivity index (χ3n) is 2.68. The molecular formula is C13H16ClNOS2. The molecule has 0 radical (unpaired) electrons. The normalized spacial score (nSPS) is 12.6. The molecule has 0 aliphatic rings. The van der Waals surface area contributed by atoms with Crippen molar-refractivity contribution in [2.75, 3.05) is 13.7 Å². The van der Waals surface area contributed by atoms with Gasteiger partial charge < -0.3 is 10.1 Å². The first-order valence-electron chi connectivity index (χ1n) is 5.83. The van der Waals surface area contributed by atoms with Crippen LogP contribution in [0.5, 0.6) is 5.75 Å². The van der Waals surface area contributed by atoms with Crippen molar-refractivity contribution >= 4 is 34.3 Å². The zero-order valence-electron chi connectivity index (χ0n) is 10.4. The molecule has 0 fully saturated rings. The van der Waals surface area contributed by atoms with E-state index in [1.54, 1.807) is 29.8 Å². The highest BCUT2D eigenvalue weighted by atomic mass is 35.5. The average Bonchev–Trinajstić information content (AvgIpc) is 2.97. The van der Waals surface area contributed by atoms with Gasteiger partial charge in [-0.2, -0.15) is 0 Å². The molecule has 1 unspecified atom stereocenters. The highest BCUT2D eigenvalue weighted by Crippen LogP contribution is 2.34. The minimum Gasteiger partial charge on any atom is -0.496 e. The minimum atomic E-state index is 0.291. The van der Waals surface area contributed by atoms with Gasteiger partial charge in [0.2, 0.25) is 0 Å². The molecule has 0 amide bonds. The van der Waals surface area contributed by atoms with Crippen molar-refractivity contribution in [3.8, 4) is 5.75 Å². The molecule has 2 aromatic heterocycles. The maximum Gasteiger partial charge on any atom is 0.134 e. The predicted molar refractivity (Wildman–Crippen MR) is 80.3 cm³/mol. The summed E-state index contributed by atoms with van der Waals surface area (Å²) < 4.78 is 6.25. The van der Waals surface area contributed by atoms with Crippen LogP contribution in [0.15, 0.2) is 23.6 Å². The molecule has 2 heterocycles. The summed E-state index contributed by atoms with van der Waals surface area (Å²) in [5.41, 5.74) is 0. The summed E-state index contributed by atoms with van der Waals surface area (Å²) >= 11 is 9.35. The van der Waals surface area contributed by atoms with Crippen LogP contribution < -0.4 is 10.1 Å². The van der Waals surface area contributed by atoms with Crippen molar-refractivity contribution in [2.45, 2.75) is 19.4 Å². The van der Waals surface area contributed by atoms with Crippen molar-refractivity contribution in [3.05, 3.63) is 37.7 Å². The Kier molecular flexibility index (Phi) is 5.06. The number of hydrogen-bond acceptors (Lipinski definition) is 4. The zero-order valence-corrected chi connectivity index (χ0v) is 12.8. The topological polar surface area (TPSA) is 21.3 Å². The molecule has 18 heavy (non-hydrogen) atoms. The van der Waals surface area contributed by atoms with E-state index in [0.29, 0.717) is 6.04 Å². The van der Waals surface area contributed by atoms with Gasteiger partial charge in [0.25, 0.3) is 0 Å². The van der Waals surface area contributed by atoms with E-state index >= 15 is 0 Å². The molecule has 1 atom stereocenters. The number of rotatable bonds is 6. The van der Waals surface area contributed by atoms with Crippen molar-refractivity contribution < 1.29 is 4.74 Å². The molecule has 2 nitrogen and oxygen atoms in total. The van der Waals surface area contributed by atoms with E-state index < -0.39 is 0 Å². The Hall–Kier alpha value is -0.550. The second-order valence-electron chi connectivity index (χ2n) is 3.87. The van der Waals surface area contributed by atoms with Crippen LogP contribution in [0.1, 0.15) is 22.7 Å². The Morgan fingerprint density at radius 3 is 2.83 bits per heavy atom. The van der Waals surface area contributed by atoms with Gasteiger partial charge in [0.1, 0.15) is 5.75 Å². The van der Waals surface area contributed by atoms with Crippen LogP contribution in [0.2, 0.25) is 4.34 Å². The lowest BCUT2D eigenvalue weighted by Crippen LogP contribution is -2.22. The summed E-state index contributed by atoms with van der Waals surface area (Å²) in [6.45, 7) is 3.05. The number of ether oxygens (including phenoxy) is 1.